The zero-order valence-electron chi connectivity index (χ0n) is 10.6. The number of halogens is 1. The van der Waals surface area contributed by atoms with Gasteiger partial charge in [-0.25, -0.2) is 0 Å². The van der Waals surface area contributed by atoms with Crippen molar-refractivity contribution in [2.24, 2.45) is 5.92 Å². The molecule has 0 aliphatic heterocycles. The van der Waals surface area contributed by atoms with Crippen molar-refractivity contribution in [2.45, 2.75) is 38.9 Å². The number of rotatable bonds is 5. The van der Waals surface area contributed by atoms with Crippen LogP contribution in [-0.2, 0) is 0 Å². The quantitative estimate of drug-likeness (QED) is 0.701. The van der Waals surface area contributed by atoms with E-state index >= 15 is 0 Å². The van der Waals surface area contributed by atoms with E-state index < -0.39 is 0 Å². The molecule has 90 valence electrons. The number of benzene rings is 1. The van der Waals surface area contributed by atoms with Crippen LogP contribution in [0.25, 0.3) is 0 Å². The third-order valence-electron chi connectivity index (χ3n) is 2.48. The molecule has 0 spiro atoms. The van der Waals surface area contributed by atoms with Crippen LogP contribution in [0.2, 0.25) is 0 Å². The minimum absolute atomic E-state index is 0.383. The van der Waals surface area contributed by atoms with Crippen molar-refractivity contribution in [3.05, 3.63) is 29.3 Å². The fourth-order valence-corrected chi connectivity index (χ4v) is 2.85. The molecule has 16 heavy (non-hydrogen) atoms. The highest BCUT2D eigenvalue weighted by Gasteiger charge is 2.14. The first-order valence-corrected chi connectivity index (χ1v) is 6.83. The highest BCUT2D eigenvalue weighted by molar-refractivity contribution is 9.09. The van der Waals surface area contributed by atoms with E-state index in [0.29, 0.717) is 10.7 Å². The summed E-state index contributed by atoms with van der Waals surface area (Å²) in [5.41, 5.74) is 2.56. The molecular weight excluding hydrogens is 264 g/mol. The lowest BCUT2D eigenvalue weighted by Crippen LogP contribution is -2.01. The van der Waals surface area contributed by atoms with Crippen molar-refractivity contribution in [1.82, 2.24) is 0 Å². The Hall–Kier alpha value is -0.500. The minimum atomic E-state index is 0.383. The van der Waals surface area contributed by atoms with E-state index in [1.165, 1.54) is 11.1 Å². The molecule has 0 bridgehead atoms. The van der Waals surface area contributed by atoms with Gasteiger partial charge in [0, 0.05) is 10.4 Å². The molecule has 0 heterocycles. The van der Waals surface area contributed by atoms with E-state index in [0.717, 1.165) is 18.8 Å². The van der Waals surface area contributed by atoms with E-state index in [1.807, 2.05) is 6.92 Å². The average molecular weight is 285 g/mol. The predicted octanol–water partition coefficient (Wildman–Crippen LogP) is 4.88. The molecule has 0 amide bonds. The molecule has 0 aliphatic carbocycles. The lowest BCUT2D eigenvalue weighted by Gasteiger charge is -2.17. The summed E-state index contributed by atoms with van der Waals surface area (Å²) in [4.78, 5) is 0.383. The molecule has 1 nitrogen and oxygen atoms in total. The number of hydrogen-bond acceptors (Lipinski definition) is 1. The summed E-state index contributed by atoms with van der Waals surface area (Å²) in [6.07, 6.45) is 1.13. The largest absolute Gasteiger partial charge is 0.494 e. The Bertz CT molecular complexity index is 334. The average Bonchev–Trinajstić information content (AvgIpc) is 2.20. The van der Waals surface area contributed by atoms with Gasteiger partial charge in [-0.05, 0) is 32.3 Å². The number of hydrogen-bond donors (Lipinski definition) is 0. The molecule has 1 rings (SSSR count). The fraction of sp³-hybridized carbons (Fsp3) is 0.571. The Kier molecular flexibility index (Phi) is 5.33. The SMILES string of the molecule is CCOc1ccc(C)cc1C(Br)CC(C)C. The van der Waals surface area contributed by atoms with Gasteiger partial charge >= 0.3 is 0 Å². The Balaban J connectivity index is 2.94. The molecule has 0 aromatic heterocycles. The van der Waals surface area contributed by atoms with Crippen molar-refractivity contribution in [1.29, 1.82) is 0 Å². The van der Waals surface area contributed by atoms with Gasteiger partial charge in [-0.2, -0.15) is 0 Å². The normalized spacial score (nSPS) is 12.9. The Morgan fingerprint density at radius 2 is 2.00 bits per heavy atom. The highest BCUT2D eigenvalue weighted by atomic mass is 79.9. The maximum Gasteiger partial charge on any atom is 0.123 e. The monoisotopic (exact) mass is 284 g/mol. The first-order chi connectivity index (χ1) is 7.54. The molecular formula is C14H21BrO. The van der Waals surface area contributed by atoms with Gasteiger partial charge in [0.15, 0.2) is 0 Å². The van der Waals surface area contributed by atoms with E-state index in [1.54, 1.807) is 0 Å². The van der Waals surface area contributed by atoms with Crippen molar-refractivity contribution < 1.29 is 4.74 Å². The van der Waals surface area contributed by atoms with Crippen molar-refractivity contribution in [2.75, 3.05) is 6.61 Å². The second-order valence-electron chi connectivity index (χ2n) is 4.57. The number of aryl methyl sites for hydroxylation is 1. The van der Waals surface area contributed by atoms with Gasteiger partial charge in [0.1, 0.15) is 5.75 Å². The first kappa shape index (κ1) is 13.6. The van der Waals surface area contributed by atoms with Gasteiger partial charge in [0.25, 0.3) is 0 Å². The van der Waals surface area contributed by atoms with Crippen LogP contribution < -0.4 is 4.74 Å². The fourth-order valence-electron chi connectivity index (χ4n) is 1.74. The van der Waals surface area contributed by atoms with Crippen molar-refractivity contribution >= 4 is 15.9 Å². The summed E-state index contributed by atoms with van der Waals surface area (Å²) < 4.78 is 5.66. The van der Waals surface area contributed by atoms with Crippen LogP contribution in [0.15, 0.2) is 18.2 Å². The van der Waals surface area contributed by atoms with Gasteiger partial charge in [-0.3, -0.25) is 0 Å². The Morgan fingerprint density at radius 3 is 2.56 bits per heavy atom. The summed E-state index contributed by atoms with van der Waals surface area (Å²) in [6, 6.07) is 6.39. The molecule has 0 saturated heterocycles. The van der Waals surface area contributed by atoms with Crippen LogP contribution in [0.4, 0.5) is 0 Å². The summed E-state index contributed by atoms with van der Waals surface area (Å²) in [5.74, 6) is 1.69. The van der Waals surface area contributed by atoms with Gasteiger partial charge in [-0.15, -0.1) is 0 Å². The summed E-state index contributed by atoms with van der Waals surface area (Å²) in [5, 5.41) is 0. The van der Waals surface area contributed by atoms with Gasteiger partial charge in [-0.1, -0.05) is 47.5 Å². The predicted molar refractivity (Wildman–Crippen MR) is 73.5 cm³/mol. The third-order valence-corrected chi connectivity index (χ3v) is 3.35. The second-order valence-corrected chi connectivity index (χ2v) is 5.68. The number of alkyl halides is 1. The van der Waals surface area contributed by atoms with E-state index in [2.05, 4.69) is 54.9 Å². The number of ether oxygens (including phenoxy) is 1. The summed E-state index contributed by atoms with van der Waals surface area (Å²) in [7, 11) is 0. The van der Waals surface area contributed by atoms with Crippen molar-refractivity contribution in [3.63, 3.8) is 0 Å². The molecule has 0 saturated carbocycles. The van der Waals surface area contributed by atoms with E-state index in [-0.39, 0.29) is 0 Å². The molecule has 0 radical (unpaired) electrons. The minimum Gasteiger partial charge on any atom is -0.494 e. The molecule has 0 aliphatic rings. The van der Waals surface area contributed by atoms with Crippen molar-refractivity contribution in [3.8, 4) is 5.75 Å². The zero-order chi connectivity index (χ0) is 12.1. The van der Waals surface area contributed by atoms with Gasteiger partial charge in [0.2, 0.25) is 0 Å². The smallest absolute Gasteiger partial charge is 0.123 e. The van der Waals surface area contributed by atoms with E-state index in [9.17, 15) is 0 Å². The lowest BCUT2D eigenvalue weighted by molar-refractivity contribution is 0.335. The highest BCUT2D eigenvalue weighted by Crippen LogP contribution is 2.36. The molecule has 0 fully saturated rings. The van der Waals surface area contributed by atoms with Gasteiger partial charge < -0.3 is 4.74 Å². The lowest BCUT2D eigenvalue weighted by atomic mass is 10.0. The van der Waals surface area contributed by atoms with Crippen LogP contribution >= 0.6 is 15.9 Å². The molecule has 0 N–H and O–H groups in total. The molecule has 1 aromatic carbocycles. The molecule has 2 heteroatoms. The maximum absolute atomic E-state index is 5.66. The van der Waals surface area contributed by atoms with E-state index in [4.69, 9.17) is 4.74 Å². The Morgan fingerprint density at radius 1 is 1.31 bits per heavy atom. The van der Waals surface area contributed by atoms with Crippen LogP contribution in [0.5, 0.6) is 5.75 Å². The molecule has 1 atom stereocenters. The van der Waals surface area contributed by atoms with Crippen LogP contribution in [-0.4, -0.2) is 6.61 Å². The van der Waals surface area contributed by atoms with Crippen LogP contribution in [0.3, 0.4) is 0 Å². The zero-order valence-corrected chi connectivity index (χ0v) is 12.2. The first-order valence-electron chi connectivity index (χ1n) is 5.92. The Labute approximate surface area is 107 Å². The maximum atomic E-state index is 5.66. The van der Waals surface area contributed by atoms with Crippen LogP contribution in [0.1, 0.15) is 43.1 Å². The summed E-state index contributed by atoms with van der Waals surface area (Å²) in [6.45, 7) is 9.34. The third kappa shape index (κ3) is 3.82. The second kappa shape index (κ2) is 6.29. The standard InChI is InChI=1S/C14H21BrO/c1-5-16-14-7-6-11(4)9-12(14)13(15)8-10(2)3/h6-7,9-10,13H,5,8H2,1-4H3. The van der Waals surface area contributed by atoms with Crippen LogP contribution in [0, 0.1) is 12.8 Å². The van der Waals surface area contributed by atoms with Gasteiger partial charge in [0.05, 0.1) is 6.61 Å². The molecule has 1 aromatic rings. The summed E-state index contributed by atoms with van der Waals surface area (Å²) >= 11 is 3.76. The topological polar surface area (TPSA) is 9.23 Å². The molecule has 1 unspecified atom stereocenters.